The predicted octanol–water partition coefficient (Wildman–Crippen LogP) is 11.1. The fourth-order valence-electron chi connectivity index (χ4n) is 8.34. The number of benzene rings is 7. The van der Waals surface area contributed by atoms with E-state index in [1.54, 1.807) is 0 Å². The van der Waals surface area contributed by atoms with Crippen molar-refractivity contribution in [2.75, 3.05) is 0 Å². The van der Waals surface area contributed by atoms with Gasteiger partial charge in [-0.15, -0.1) is 10.2 Å². The Morgan fingerprint density at radius 2 is 0.782 bits per heavy atom. The van der Waals surface area contributed by atoms with E-state index in [2.05, 4.69) is 70.9 Å². The van der Waals surface area contributed by atoms with Gasteiger partial charge in [0.2, 0.25) is 11.8 Å². The minimum Gasteiger partial charge on any atom is -0.457 e. The Labute approximate surface area is 316 Å². The van der Waals surface area contributed by atoms with Crippen LogP contribution in [0.4, 0.5) is 0 Å². The molecule has 0 radical (unpaired) electrons. The second-order valence-electron chi connectivity index (χ2n) is 13.6. The highest BCUT2D eigenvalue weighted by Gasteiger charge is 2.54. The lowest BCUT2D eigenvalue weighted by Gasteiger charge is -2.40. The zero-order chi connectivity index (χ0) is 36.3. The van der Waals surface area contributed by atoms with Gasteiger partial charge in [0.05, 0.1) is 5.41 Å². The van der Waals surface area contributed by atoms with Crippen LogP contribution < -0.4 is 4.74 Å². The first kappa shape index (κ1) is 31.1. The van der Waals surface area contributed by atoms with Crippen molar-refractivity contribution in [2.24, 2.45) is 0 Å². The van der Waals surface area contributed by atoms with Crippen LogP contribution in [0.5, 0.6) is 11.5 Å². The lowest BCUT2D eigenvalue weighted by atomic mass is 9.64. The van der Waals surface area contributed by atoms with E-state index in [0.29, 0.717) is 29.3 Å². The fourth-order valence-corrected chi connectivity index (χ4v) is 8.34. The molecule has 0 atom stereocenters. The molecule has 0 saturated carbocycles. The van der Waals surface area contributed by atoms with Crippen LogP contribution in [0.15, 0.2) is 180 Å². The number of fused-ring (bicyclic) bond motifs is 9. The Kier molecular flexibility index (Phi) is 6.94. The molecule has 7 aromatic carbocycles. The molecule has 0 bridgehead atoms. The summed E-state index contributed by atoms with van der Waals surface area (Å²) < 4.78 is 13.3. The van der Waals surface area contributed by atoms with Gasteiger partial charge in [-0.25, -0.2) is 15.0 Å². The lowest BCUT2D eigenvalue weighted by molar-refractivity contribution is 0.436. The second-order valence-corrected chi connectivity index (χ2v) is 13.6. The molecule has 7 nitrogen and oxygen atoms in total. The molecule has 1 aliphatic carbocycles. The summed E-state index contributed by atoms with van der Waals surface area (Å²) in [6.45, 7) is 0. The number of hydrogen-bond acceptors (Lipinski definition) is 7. The zero-order valence-electron chi connectivity index (χ0n) is 29.3. The topological polar surface area (TPSA) is 86.8 Å². The standard InChI is InChI=1S/C48H29N5O2/c1-4-16-30(17-5-1)43-49-44(31-18-6-2-7-19-31)51-45(50-43)35-24-14-22-33-34-23-15-25-36(47-53-52-46(55-47)32-20-8-3-9-21-32)42(34)48(41(33)35)37-26-10-12-28-39(37)54-40-29-13-11-27-38(40)48/h1-29H. The van der Waals surface area contributed by atoms with E-state index in [0.717, 1.165) is 72.7 Å². The third kappa shape index (κ3) is 4.73. The Balaban J connectivity index is 1.25. The quantitative estimate of drug-likeness (QED) is 0.176. The van der Waals surface area contributed by atoms with Crippen LogP contribution in [-0.4, -0.2) is 25.1 Å². The van der Waals surface area contributed by atoms with Crippen LogP contribution in [0.1, 0.15) is 22.3 Å². The molecule has 7 heteroatoms. The Morgan fingerprint density at radius 3 is 1.36 bits per heavy atom. The molecular formula is C48H29N5O2. The Morgan fingerprint density at radius 1 is 0.345 bits per heavy atom. The van der Waals surface area contributed by atoms with Gasteiger partial charge in [-0.3, -0.25) is 0 Å². The molecule has 0 fully saturated rings. The number of aromatic nitrogens is 5. The highest BCUT2D eigenvalue weighted by Crippen LogP contribution is 2.65. The number of hydrogen-bond donors (Lipinski definition) is 0. The highest BCUT2D eigenvalue weighted by atomic mass is 16.5. The molecule has 2 aliphatic rings. The van der Waals surface area contributed by atoms with E-state index in [-0.39, 0.29) is 0 Å². The van der Waals surface area contributed by atoms with Crippen LogP contribution in [0.2, 0.25) is 0 Å². The predicted molar refractivity (Wildman–Crippen MR) is 212 cm³/mol. The van der Waals surface area contributed by atoms with Gasteiger partial charge in [-0.05, 0) is 52.6 Å². The van der Waals surface area contributed by atoms with Gasteiger partial charge in [-0.1, -0.05) is 146 Å². The first-order chi connectivity index (χ1) is 27.3. The van der Waals surface area contributed by atoms with Crippen LogP contribution in [0.25, 0.3) is 68.2 Å². The molecule has 11 rings (SSSR count). The van der Waals surface area contributed by atoms with Gasteiger partial charge in [0, 0.05) is 38.9 Å². The van der Waals surface area contributed by atoms with Crippen LogP contribution in [-0.2, 0) is 5.41 Å². The van der Waals surface area contributed by atoms with Gasteiger partial charge in [0.15, 0.2) is 17.5 Å². The average molecular weight is 708 g/mol. The molecular weight excluding hydrogens is 679 g/mol. The summed E-state index contributed by atoms with van der Waals surface area (Å²) in [6, 6.07) is 59.4. The highest BCUT2D eigenvalue weighted by molar-refractivity contribution is 5.97. The summed E-state index contributed by atoms with van der Waals surface area (Å²) in [5.74, 6) is 4.20. The van der Waals surface area contributed by atoms with E-state index in [4.69, 9.17) is 24.1 Å². The maximum atomic E-state index is 6.71. The molecule has 0 saturated heterocycles. The summed E-state index contributed by atoms with van der Waals surface area (Å²) in [6.07, 6.45) is 0. The van der Waals surface area contributed by atoms with Gasteiger partial charge in [0.1, 0.15) is 11.5 Å². The minimum atomic E-state index is -0.892. The molecule has 2 aromatic heterocycles. The van der Waals surface area contributed by atoms with Crippen molar-refractivity contribution < 1.29 is 9.15 Å². The lowest BCUT2D eigenvalue weighted by Crippen LogP contribution is -2.33. The molecule has 1 aliphatic heterocycles. The van der Waals surface area contributed by atoms with Crippen molar-refractivity contribution in [2.45, 2.75) is 5.41 Å². The van der Waals surface area contributed by atoms with Crippen molar-refractivity contribution >= 4 is 0 Å². The van der Waals surface area contributed by atoms with E-state index in [1.165, 1.54) is 0 Å². The fraction of sp³-hybridized carbons (Fsp3) is 0.0208. The van der Waals surface area contributed by atoms with Gasteiger partial charge < -0.3 is 9.15 Å². The zero-order valence-corrected chi connectivity index (χ0v) is 29.3. The summed E-state index contributed by atoms with van der Waals surface area (Å²) in [5, 5.41) is 9.22. The Hall–Kier alpha value is -7.51. The largest absolute Gasteiger partial charge is 0.457 e. The van der Waals surface area contributed by atoms with E-state index >= 15 is 0 Å². The molecule has 9 aromatic rings. The SMILES string of the molecule is c1ccc(-c2nc(-c3ccccc3)nc(-c3cccc4c3C3(c5ccccc5Oc5ccccc53)c3c(-c5nnc(-c6ccccc6)o5)cccc3-4)n2)cc1. The van der Waals surface area contributed by atoms with Gasteiger partial charge >= 0.3 is 0 Å². The summed E-state index contributed by atoms with van der Waals surface area (Å²) >= 11 is 0. The van der Waals surface area contributed by atoms with E-state index < -0.39 is 5.41 Å². The first-order valence-electron chi connectivity index (χ1n) is 18.2. The van der Waals surface area contributed by atoms with Crippen molar-refractivity contribution in [3.8, 4) is 79.7 Å². The number of rotatable bonds is 5. The molecule has 258 valence electrons. The molecule has 55 heavy (non-hydrogen) atoms. The van der Waals surface area contributed by atoms with Crippen molar-refractivity contribution in [3.05, 3.63) is 198 Å². The second kappa shape index (κ2) is 12.3. The first-order valence-corrected chi connectivity index (χ1v) is 18.2. The van der Waals surface area contributed by atoms with Crippen molar-refractivity contribution in [1.29, 1.82) is 0 Å². The molecule has 0 unspecified atom stereocenters. The van der Waals surface area contributed by atoms with Gasteiger partial charge in [0.25, 0.3) is 0 Å². The third-order valence-corrected chi connectivity index (χ3v) is 10.6. The Bertz CT molecular complexity index is 2810. The van der Waals surface area contributed by atoms with Crippen molar-refractivity contribution in [3.63, 3.8) is 0 Å². The average Bonchev–Trinajstić information content (AvgIpc) is 3.87. The molecule has 0 N–H and O–H groups in total. The normalized spacial score (nSPS) is 13.0. The maximum Gasteiger partial charge on any atom is 0.248 e. The molecule has 1 spiro atoms. The third-order valence-electron chi connectivity index (χ3n) is 10.6. The van der Waals surface area contributed by atoms with E-state index in [9.17, 15) is 0 Å². The van der Waals surface area contributed by atoms with Crippen LogP contribution in [0, 0.1) is 0 Å². The molecule has 3 heterocycles. The maximum absolute atomic E-state index is 6.71. The number of nitrogens with zero attached hydrogens (tertiary/aromatic N) is 5. The summed E-state index contributed by atoms with van der Waals surface area (Å²) in [4.78, 5) is 15.5. The van der Waals surface area contributed by atoms with E-state index in [1.807, 2.05) is 115 Å². The van der Waals surface area contributed by atoms with Gasteiger partial charge in [-0.2, -0.15) is 0 Å². The summed E-state index contributed by atoms with van der Waals surface area (Å²) in [5.41, 5.74) is 9.70. The summed E-state index contributed by atoms with van der Waals surface area (Å²) in [7, 11) is 0. The number of ether oxygens (including phenoxy) is 1. The van der Waals surface area contributed by atoms with Crippen LogP contribution >= 0.6 is 0 Å². The smallest absolute Gasteiger partial charge is 0.248 e. The van der Waals surface area contributed by atoms with Crippen molar-refractivity contribution in [1.82, 2.24) is 25.1 Å². The van der Waals surface area contributed by atoms with Crippen LogP contribution in [0.3, 0.4) is 0 Å². The molecule has 0 amide bonds. The number of para-hydroxylation sites is 2. The minimum absolute atomic E-state index is 0.434. The monoisotopic (exact) mass is 707 g/mol.